The number of ether oxygens (including phenoxy) is 2. The number of nitrogens with two attached hydrogens (primary N) is 1. The minimum absolute atomic E-state index is 0.461. The van der Waals surface area contributed by atoms with E-state index in [1.54, 1.807) is 12.1 Å². The van der Waals surface area contributed by atoms with Crippen molar-refractivity contribution in [2.24, 2.45) is 11.7 Å². The molecule has 2 rings (SSSR count). The van der Waals surface area contributed by atoms with E-state index < -0.39 is 12.0 Å². The van der Waals surface area contributed by atoms with Gasteiger partial charge in [0.25, 0.3) is 0 Å². The summed E-state index contributed by atoms with van der Waals surface area (Å²) in [5, 5.41) is 8.96. The smallest absolute Gasteiger partial charge is 0.325 e. The van der Waals surface area contributed by atoms with Crippen molar-refractivity contribution in [2.75, 3.05) is 13.7 Å². The van der Waals surface area contributed by atoms with Crippen LogP contribution in [0.1, 0.15) is 24.4 Å². The Labute approximate surface area is 119 Å². The molecule has 5 nitrogen and oxygen atoms in total. The van der Waals surface area contributed by atoms with Crippen LogP contribution in [0.15, 0.2) is 16.6 Å². The summed E-state index contributed by atoms with van der Waals surface area (Å²) in [4.78, 5) is 10.9. The Balaban J connectivity index is 2.24. The van der Waals surface area contributed by atoms with E-state index in [2.05, 4.69) is 15.9 Å². The summed E-state index contributed by atoms with van der Waals surface area (Å²) >= 11 is 3.32. The molecule has 1 fully saturated rings. The number of carbonyl (C=O) groups is 1. The minimum atomic E-state index is -1.10. The van der Waals surface area contributed by atoms with Gasteiger partial charge < -0.3 is 20.3 Å². The summed E-state index contributed by atoms with van der Waals surface area (Å²) < 4.78 is 11.5. The largest absolute Gasteiger partial charge is 0.493 e. The van der Waals surface area contributed by atoms with E-state index in [0.29, 0.717) is 34.1 Å². The van der Waals surface area contributed by atoms with Crippen LogP contribution in [-0.2, 0) is 4.79 Å². The zero-order valence-electron chi connectivity index (χ0n) is 10.6. The molecule has 6 heteroatoms. The summed E-state index contributed by atoms with van der Waals surface area (Å²) in [7, 11) is 1.52. The topological polar surface area (TPSA) is 81.8 Å². The maximum Gasteiger partial charge on any atom is 0.325 e. The summed E-state index contributed by atoms with van der Waals surface area (Å²) in [5.41, 5.74) is 6.08. The average Bonchev–Trinajstić information content (AvgIpc) is 3.19. The Morgan fingerprint density at radius 2 is 2.21 bits per heavy atom. The van der Waals surface area contributed by atoms with Gasteiger partial charge in [-0.05, 0) is 36.5 Å². The summed E-state index contributed by atoms with van der Waals surface area (Å²) in [6, 6.07) is 2.21. The van der Waals surface area contributed by atoms with Crippen molar-refractivity contribution in [2.45, 2.75) is 18.9 Å². The highest BCUT2D eigenvalue weighted by Gasteiger charge is 2.24. The predicted molar refractivity (Wildman–Crippen MR) is 73.5 cm³/mol. The Morgan fingerprint density at radius 3 is 2.74 bits per heavy atom. The quantitative estimate of drug-likeness (QED) is 0.837. The number of hydrogen-bond donors (Lipinski definition) is 2. The molecule has 0 saturated heterocycles. The van der Waals surface area contributed by atoms with Crippen molar-refractivity contribution in [3.8, 4) is 11.5 Å². The molecule has 0 aliphatic heterocycles. The van der Waals surface area contributed by atoms with Gasteiger partial charge in [0, 0.05) is 4.47 Å². The van der Waals surface area contributed by atoms with E-state index >= 15 is 0 Å². The second-order valence-corrected chi connectivity index (χ2v) is 5.45. The Bertz CT molecular complexity index is 488. The van der Waals surface area contributed by atoms with Gasteiger partial charge in [-0.15, -0.1) is 0 Å². The lowest BCUT2D eigenvalue weighted by Gasteiger charge is -2.15. The van der Waals surface area contributed by atoms with Gasteiger partial charge in [-0.25, -0.2) is 0 Å². The number of methoxy groups -OCH3 is 1. The number of rotatable bonds is 6. The van der Waals surface area contributed by atoms with Crippen molar-refractivity contribution < 1.29 is 19.4 Å². The third-order valence-electron chi connectivity index (χ3n) is 3.06. The van der Waals surface area contributed by atoms with Crippen LogP contribution in [-0.4, -0.2) is 24.8 Å². The lowest BCUT2D eigenvalue weighted by Crippen LogP contribution is -2.21. The van der Waals surface area contributed by atoms with Gasteiger partial charge in [0.1, 0.15) is 6.04 Å². The fourth-order valence-corrected chi connectivity index (χ4v) is 2.26. The summed E-state index contributed by atoms with van der Waals surface area (Å²) in [6.45, 7) is 0.660. The second-order valence-electron chi connectivity index (χ2n) is 4.59. The summed E-state index contributed by atoms with van der Waals surface area (Å²) in [5.74, 6) is 0.636. The van der Waals surface area contributed by atoms with Crippen molar-refractivity contribution in [3.05, 3.63) is 22.2 Å². The summed E-state index contributed by atoms with van der Waals surface area (Å²) in [6.07, 6.45) is 2.40. The molecule has 1 aliphatic carbocycles. The van der Waals surface area contributed by atoms with Crippen LogP contribution in [0, 0.1) is 5.92 Å². The highest BCUT2D eigenvalue weighted by Crippen LogP contribution is 2.37. The molecule has 0 radical (unpaired) electrons. The number of aliphatic carboxylic acids is 1. The third kappa shape index (κ3) is 3.39. The molecule has 104 valence electrons. The molecular formula is C13H16BrNO4. The number of carboxylic acids is 1. The van der Waals surface area contributed by atoms with Crippen LogP contribution >= 0.6 is 15.9 Å². The van der Waals surface area contributed by atoms with Crippen molar-refractivity contribution >= 4 is 21.9 Å². The molecule has 0 aromatic heterocycles. The zero-order valence-corrected chi connectivity index (χ0v) is 12.1. The first-order chi connectivity index (χ1) is 9.02. The van der Waals surface area contributed by atoms with E-state index in [1.807, 2.05) is 0 Å². The molecule has 0 amide bonds. The Kier molecular flexibility index (Phi) is 4.31. The van der Waals surface area contributed by atoms with Gasteiger partial charge in [0.15, 0.2) is 11.5 Å². The molecule has 1 aliphatic rings. The first-order valence-corrected chi connectivity index (χ1v) is 6.81. The molecular weight excluding hydrogens is 314 g/mol. The second kappa shape index (κ2) is 5.79. The monoisotopic (exact) mass is 329 g/mol. The SMILES string of the molecule is COc1cc(C(N)C(=O)O)c(Br)cc1OCC1CC1. The van der Waals surface area contributed by atoms with E-state index in [-0.39, 0.29) is 0 Å². The third-order valence-corrected chi connectivity index (χ3v) is 3.74. The molecule has 1 unspecified atom stereocenters. The standard InChI is InChI=1S/C13H16BrNO4/c1-18-10-4-8(12(15)13(16)17)9(14)5-11(10)19-6-7-2-3-7/h4-5,7,12H,2-3,6,15H2,1H3,(H,16,17). The van der Waals surface area contributed by atoms with Gasteiger partial charge in [0.05, 0.1) is 13.7 Å². The van der Waals surface area contributed by atoms with Gasteiger partial charge in [0.2, 0.25) is 0 Å². The molecule has 19 heavy (non-hydrogen) atoms. The Morgan fingerprint density at radius 1 is 1.53 bits per heavy atom. The van der Waals surface area contributed by atoms with Gasteiger partial charge in [-0.3, -0.25) is 4.79 Å². The molecule has 0 bridgehead atoms. The van der Waals surface area contributed by atoms with Crippen LogP contribution in [0.25, 0.3) is 0 Å². The maximum atomic E-state index is 10.9. The molecule has 0 heterocycles. The van der Waals surface area contributed by atoms with E-state index in [1.165, 1.54) is 20.0 Å². The molecule has 1 aromatic carbocycles. The zero-order chi connectivity index (χ0) is 14.0. The van der Waals surface area contributed by atoms with Crippen LogP contribution in [0.2, 0.25) is 0 Å². The van der Waals surface area contributed by atoms with Crippen LogP contribution in [0.4, 0.5) is 0 Å². The number of halogens is 1. The van der Waals surface area contributed by atoms with Gasteiger partial charge in [-0.1, -0.05) is 15.9 Å². The lowest BCUT2D eigenvalue weighted by atomic mass is 10.1. The van der Waals surface area contributed by atoms with Crippen molar-refractivity contribution in [3.63, 3.8) is 0 Å². The molecule has 0 spiro atoms. The highest BCUT2D eigenvalue weighted by molar-refractivity contribution is 9.10. The maximum absolute atomic E-state index is 10.9. The van der Waals surface area contributed by atoms with Crippen LogP contribution in [0.5, 0.6) is 11.5 Å². The number of carboxylic acid groups (broad SMARTS) is 1. The lowest BCUT2D eigenvalue weighted by molar-refractivity contribution is -0.138. The van der Waals surface area contributed by atoms with Crippen LogP contribution < -0.4 is 15.2 Å². The van der Waals surface area contributed by atoms with Crippen molar-refractivity contribution in [1.29, 1.82) is 0 Å². The fraction of sp³-hybridized carbons (Fsp3) is 0.462. The predicted octanol–water partition coefficient (Wildman–Crippen LogP) is 2.33. The number of hydrogen-bond acceptors (Lipinski definition) is 4. The van der Waals surface area contributed by atoms with Crippen molar-refractivity contribution in [1.82, 2.24) is 0 Å². The highest BCUT2D eigenvalue weighted by atomic mass is 79.9. The van der Waals surface area contributed by atoms with E-state index in [9.17, 15) is 4.79 Å². The molecule has 1 atom stereocenters. The molecule has 1 aromatic rings. The van der Waals surface area contributed by atoms with Gasteiger partial charge in [-0.2, -0.15) is 0 Å². The Hall–Kier alpha value is -1.27. The van der Waals surface area contributed by atoms with Crippen LogP contribution in [0.3, 0.4) is 0 Å². The normalized spacial score (nSPS) is 15.9. The average molecular weight is 330 g/mol. The molecule has 3 N–H and O–H groups in total. The first-order valence-electron chi connectivity index (χ1n) is 6.01. The van der Waals surface area contributed by atoms with E-state index in [0.717, 1.165) is 0 Å². The number of benzene rings is 1. The first kappa shape index (κ1) is 14.1. The minimum Gasteiger partial charge on any atom is -0.493 e. The van der Waals surface area contributed by atoms with E-state index in [4.69, 9.17) is 20.3 Å². The fourth-order valence-electron chi connectivity index (χ4n) is 1.69. The molecule has 1 saturated carbocycles. The van der Waals surface area contributed by atoms with Gasteiger partial charge >= 0.3 is 5.97 Å².